The zero-order valence-electron chi connectivity index (χ0n) is 16.0. The summed E-state index contributed by atoms with van der Waals surface area (Å²) in [5, 5.41) is 7.30. The Bertz CT molecular complexity index is 958. The van der Waals surface area contributed by atoms with Crippen molar-refractivity contribution < 1.29 is 14.3 Å². The Morgan fingerprint density at radius 1 is 1.21 bits per heavy atom. The van der Waals surface area contributed by atoms with Crippen LogP contribution in [0.15, 0.2) is 54.6 Å². The predicted octanol–water partition coefficient (Wildman–Crippen LogP) is 4.11. The highest BCUT2D eigenvalue weighted by atomic mass is 16.5. The Hall–Kier alpha value is -3.12. The molecule has 0 fully saturated rings. The van der Waals surface area contributed by atoms with Crippen LogP contribution in [-0.2, 0) is 17.9 Å². The number of benzene rings is 2. The minimum Gasteiger partial charge on any atom is -0.486 e. The van der Waals surface area contributed by atoms with Crippen molar-refractivity contribution in [2.75, 3.05) is 11.9 Å². The van der Waals surface area contributed by atoms with Gasteiger partial charge in [-0.15, -0.1) is 0 Å². The molecule has 0 spiro atoms. The molecule has 4 rings (SSSR count). The number of carbonyl (C=O) groups excluding carboxylic acids is 1. The lowest BCUT2D eigenvalue weighted by Gasteiger charge is -2.16. The molecule has 28 heavy (non-hydrogen) atoms. The number of nitrogens with zero attached hydrogens (tertiary/aromatic N) is 2. The highest BCUT2D eigenvalue weighted by Gasteiger charge is 2.18. The molecule has 6 heteroatoms. The van der Waals surface area contributed by atoms with Gasteiger partial charge in [0.15, 0.2) is 5.69 Å². The molecule has 1 aliphatic heterocycles. The molecule has 2 heterocycles. The average Bonchev–Trinajstić information content (AvgIpc) is 3.15. The van der Waals surface area contributed by atoms with Gasteiger partial charge in [-0.3, -0.25) is 9.48 Å². The van der Waals surface area contributed by atoms with Crippen molar-refractivity contribution in [2.45, 2.75) is 33.1 Å². The number of carbonyl (C=O) groups is 1. The van der Waals surface area contributed by atoms with Gasteiger partial charge in [-0.25, -0.2) is 0 Å². The smallest absolute Gasteiger partial charge is 0.276 e. The SMILES string of the molecule is Cc1cc(OC(C)c2ccccc2)ccc1NC(=O)c1cc2n(n1)CCOC2. The molecule has 0 aliphatic carbocycles. The number of amides is 1. The van der Waals surface area contributed by atoms with Crippen LogP contribution in [0.2, 0.25) is 0 Å². The Morgan fingerprint density at radius 2 is 2.04 bits per heavy atom. The first-order chi connectivity index (χ1) is 13.6. The fourth-order valence-electron chi connectivity index (χ4n) is 3.24. The monoisotopic (exact) mass is 377 g/mol. The first-order valence-corrected chi connectivity index (χ1v) is 9.38. The highest BCUT2D eigenvalue weighted by molar-refractivity contribution is 6.03. The number of hydrogen-bond donors (Lipinski definition) is 1. The topological polar surface area (TPSA) is 65.4 Å². The van der Waals surface area contributed by atoms with Gasteiger partial charge in [-0.2, -0.15) is 5.10 Å². The molecule has 1 amide bonds. The van der Waals surface area contributed by atoms with E-state index in [1.807, 2.05) is 67.1 Å². The van der Waals surface area contributed by atoms with Crippen LogP contribution >= 0.6 is 0 Å². The number of nitrogens with one attached hydrogen (secondary N) is 1. The van der Waals surface area contributed by atoms with E-state index in [0.717, 1.165) is 28.3 Å². The van der Waals surface area contributed by atoms with Crippen LogP contribution in [0.25, 0.3) is 0 Å². The molecule has 144 valence electrons. The molecule has 3 aromatic rings. The van der Waals surface area contributed by atoms with E-state index in [2.05, 4.69) is 10.4 Å². The average molecular weight is 377 g/mol. The summed E-state index contributed by atoms with van der Waals surface area (Å²) in [4.78, 5) is 12.6. The van der Waals surface area contributed by atoms with E-state index < -0.39 is 0 Å². The fourth-order valence-corrected chi connectivity index (χ4v) is 3.24. The summed E-state index contributed by atoms with van der Waals surface area (Å²) in [5.74, 6) is 0.540. The summed E-state index contributed by atoms with van der Waals surface area (Å²) in [6.07, 6.45) is -0.0554. The second kappa shape index (κ2) is 7.86. The van der Waals surface area contributed by atoms with E-state index in [1.54, 1.807) is 6.07 Å². The van der Waals surface area contributed by atoms with Gasteiger partial charge in [0.1, 0.15) is 11.9 Å². The van der Waals surface area contributed by atoms with Crippen LogP contribution in [0.1, 0.15) is 40.3 Å². The van der Waals surface area contributed by atoms with E-state index >= 15 is 0 Å². The van der Waals surface area contributed by atoms with E-state index in [-0.39, 0.29) is 12.0 Å². The predicted molar refractivity (Wildman–Crippen MR) is 107 cm³/mol. The molecule has 0 saturated heterocycles. The molecule has 1 atom stereocenters. The van der Waals surface area contributed by atoms with Crippen molar-refractivity contribution in [3.05, 3.63) is 77.1 Å². The fraction of sp³-hybridized carbons (Fsp3) is 0.273. The van der Waals surface area contributed by atoms with Crippen molar-refractivity contribution in [2.24, 2.45) is 0 Å². The van der Waals surface area contributed by atoms with Gasteiger partial charge in [0.05, 0.1) is 25.5 Å². The van der Waals surface area contributed by atoms with Crippen molar-refractivity contribution >= 4 is 11.6 Å². The second-order valence-electron chi connectivity index (χ2n) is 6.90. The summed E-state index contributed by atoms with van der Waals surface area (Å²) in [6.45, 7) is 5.75. The molecular formula is C22H23N3O3. The summed E-state index contributed by atoms with van der Waals surface area (Å²) in [5.41, 5.74) is 4.11. The van der Waals surface area contributed by atoms with E-state index in [9.17, 15) is 4.79 Å². The molecule has 0 radical (unpaired) electrons. The van der Waals surface area contributed by atoms with E-state index in [0.29, 0.717) is 25.5 Å². The normalized spacial score (nSPS) is 14.2. The minimum atomic E-state index is -0.226. The number of rotatable bonds is 5. The summed E-state index contributed by atoms with van der Waals surface area (Å²) < 4.78 is 13.3. The third-order valence-electron chi connectivity index (χ3n) is 4.82. The summed E-state index contributed by atoms with van der Waals surface area (Å²) in [7, 11) is 0. The zero-order chi connectivity index (χ0) is 19.5. The van der Waals surface area contributed by atoms with E-state index in [1.165, 1.54) is 0 Å². The number of aryl methyl sites for hydroxylation is 1. The van der Waals surface area contributed by atoms with Gasteiger partial charge in [0.25, 0.3) is 5.91 Å². The van der Waals surface area contributed by atoms with Crippen molar-refractivity contribution in [1.82, 2.24) is 9.78 Å². The Morgan fingerprint density at radius 3 is 2.79 bits per heavy atom. The quantitative estimate of drug-likeness (QED) is 0.727. The largest absolute Gasteiger partial charge is 0.486 e. The van der Waals surface area contributed by atoms with Crippen LogP contribution in [0.4, 0.5) is 5.69 Å². The van der Waals surface area contributed by atoms with E-state index in [4.69, 9.17) is 9.47 Å². The second-order valence-corrected chi connectivity index (χ2v) is 6.90. The summed E-state index contributed by atoms with van der Waals surface area (Å²) in [6, 6.07) is 17.5. The lowest BCUT2D eigenvalue weighted by Crippen LogP contribution is -2.18. The van der Waals surface area contributed by atoms with Gasteiger partial charge < -0.3 is 14.8 Å². The van der Waals surface area contributed by atoms with Gasteiger partial charge in [0.2, 0.25) is 0 Å². The van der Waals surface area contributed by atoms with Gasteiger partial charge >= 0.3 is 0 Å². The molecule has 6 nitrogen and oxygen atoms in total. The van der Waals surface area contributed by atoms with Crippen molar-refractivity contribution in [1.29, 1.82) is 0 Å². The standard InChI is InChI=1S/C22H23N3O3/c1-15-12-19(28-16(2)17-6-4-3-5-7-17)8-9-20(15)23-22(26)21-13-18-14-27-11-10-25(18)24-21/h3-9,12-13,16H,10-11,14H2,1-2H3,(H,23,26). The van der Waals surface area contributed by atoms with Crippen LogP contribution in [0.5, 0.6) is 5.75 Å². The number of fused-ring (bicyclic) bond motifs is 1. The maximum Gasteiger partial charge on any atom is 0.276 e. The zero-order valence-corrected chi connectivity index (χ0v) is 16.0. The molecule has 1 aliphatic rings. The maximum absolute atomic E-state index is 12.6. The summed E-state index contributed by atoms with van der Waals surface area (Å²) >= 11 is 0. The third-order valence-corrected chi connectivity index (χ3v) is 4.82. The van der Waals surface area contributed by atoms with Gasteiger partial charge in [-0.1, -0.05) is 30.3 Å². The molecule has 0 bridgehead atoms. The van der Waals surface area contributed by atoms with Crippen LogP contribution in [0, 0.1) is 6.92 Å². The van der Waals surface area contributed by atoms with Gasteiger partial charge in [-0.05, 0) is 49.2 Å². The Balaban J connectivity index is 1.44. The maximum atomic E-state index is 12.6. The highest BCUT2D eigenvalue weighted by Crippen LogP contribution is 2.26. The molecule has 0 saturated carbocycles. The Kier molecular flexibility index (Phi) is 5.12. The molecule has 1 unspecified atom stereocenters. The molecular weight excluding hydrogens is 354 g/mol. The molecule has 1 N–H and O–H groups in total. The van der Waals surface area contributed by atoms with Crippen LogP contribution in [0.3, 0.4) is 0 Å². The molecule has 2 aromatic carbocycles. The lowest BCUT2D eigenvalue weighted by molar-refractivity contribution is 0.0798. The first-order valence-electron chi connectivity index (χ1n) is 9.38. The number of ether oxygens (including phenoxy) is 2. The number of aromatic nitrogens is 2. The minimum absolute atomic E-state index is 0.0554. The van der Waals surface area contributed by atoms with Crippen molar-refractivity contribution in [3.63, 3.8) is 0 Å². The van der Waals surface area contributed by atoms with Gasteiger partial charge in [0, 0.05) is 5.69 Å². The van der Waals surface area contributed by atoms with Crippen LogP contribution < -0.4 is 10.1 Å². The number of anilines is 1. The number of hydrogen-bond acceptors (Lipinski definition) is 4. The third kappa shape index (κ3) is 3.92. The lowest BCUT2D eigenvalue weighted by atomic mass is 10.1. The Labute approximate surface area is 164 Å². The first kappa shape index (κ1) is 18.3. The van der Waals surface area contributed by atoms with Crippen LogP contribution in [-0.4, -0.2) is 22.3 Å². The molecule has 1 aromatic heterocycles. The van der Waals surface area contributed by atoms with Crippen molar-refractivity contribution in [3.8, 4) is 5.75 Å².